The molecule has 0 spiro atoms. The van der Waals surface area contributed by atoms with Gasteiger partial charge in [0.2, 0.25) is 5.95 Å². The Hall–Kier alpha value is -4.63. The minimum absolute atomic E-state index is 0.146. The van der Waals surface area contributed by atoms with E-state index in [1.807, 2.05) is 55.5 Å². The van der Waals surface area contributed by atoms with Gasteiger partial charge >= 0.3 is 0 Å². The number of ether oxygens (including phenoxy) is 1. The second-order valence-electron chi connectivity index (χ2n) is 10.5. The van der Waals surface area contributed by atoms with Gasteiger partial charge in [0.25, 0.3) is 0 Å². The monoisotopic (exact) mass is 601 g/mol. The maximum Gasteiger partial charge on any atom is 0.226 e. The highest BCUT2D eigenvalue weighted by molar-refractivity contribution is 5.84. The highest BCUT2D eigenvalue weighted by Gasteiger charge is 2.47. The Morgan fingerprint density at radius 2 is 1.80 bits per heavy atom. The van der Waals surface area contributed by atoms with Gasteiger partial charge in [-0.3, -0.25) is 4.57 Å². The molecular formula is C30H35N9O5. The molecule has 6 rings (SSSR count). The number of anilines is 3. The number of aliphatic hydroxyl groups excluding tert-OH is 3. The normalized spacial score (nSPS) is 20.5. The predicted octanol–water partition coefficient (Wildman–Crippen LogP) is 2.30. The Morgan fingerprint density at radius 3 is 2.55 bits per heavy atom. The van der Waals surface area contributed by atoms with Gasteiger partial charge in [-0.25, -0.2) is 9.97 Å². The number of nitrogens with one attached hydrogen (secondary N) is 3. The van der Waals surface area contributed by atoms with E-state index < -0.39 is 24.5 Å². The summed E-state index contributed by atoms with van der Waals surface area (Å²) in [5.41, 5.74) is 2.54. The van der Waals surface area contributed by atoms with Crippen molar-refractivity contribution in [1.29, 1.82) is 0 Å². The lowest BCUT2D eigenvalue weighted by atomic mass is 10.1. The number of imidazole rings is 1. The third-order valence-electron chi connectivity index (χ3n) is 7.42. The van der Waals surface area contributed by atoms with Crippen molar-refractivity contribution in [3.8, 4) is 0 Å². The number of aliphatic hydroxyl groups is 3. The van der Waals surface area contributed by atoms with Gasteiger partial charge in [-0.15, -0.1) is 0 Å². The first-order chi connectivity index (χ1) is 21.5. The summed E-state index contributed by atoms with van der Waals surface area (Å²) in [5, 5.41) is 45.9. The van der Waals surface area contributed by atoms with Crippen molar-refractivity contribution in [2.24, 2.45) is 0 Å². The van der Waals surface area contributed by atoms with Crippen LogP contribution in [0.5, 0.6) is 0 Å². The number of aryl methyl sites for hydroxylation is 1. The van der Waals surface area contributed by atoms with Gasteiger partial charge in [-0.2, -0.15) is 9.97 Å². The number of nitrogens with zero attached hydrogens (tertiary/aromatic N) is 6. The summed E-state index contributed by atoms with van der Waals surface area (Å²) >= 11 is 0. The van der Waals surface area contributed by atoms with Crippen molar-refractivity contribution in [3.63, 3.8) is 0 Å². The number of benzene rings is 1. The maximum atomic E-state index is 11.0. The minimum Gasteiger partial charge on any atom is -0.394 e. The molecule has 1 fully saturated rings. The van der Waals surface area contributed by atoms with Gasteiger partial charge in [-0.1, -0.05) is 48.5 Å². The third-order valence-corrected chi connectivity index (χ3v) is 7.42. The van der Waals surface area contributed by atoms with Crippen LogP contribution in [0.2, 0.25) is 0 Å². The number of rotatable bonds is 13. The molecule has 1 aromatic carbocycles. The summed E-state index contributed by atoms with van der Waals surface area (Å²) in [7, 11) is 0. The van der Waals surface area contributed by atoms with E-state index in [-0.39, 0.29) is 12.6 Å². The molecule has 14 heteroatoms. The quantitative estimate of drug-likeness (QED) is 0.108. The SMILES string of the molecule is CCc1cc([C@H]2O[C@@H](n3cnc4c(NC(CO)Cc5ccccc5)nc(NCCNc5ccccn5)nc43)[C@H](O)[C@@H]2O)on1. The molecule has 4 aromatic heterocycles. The zero-order chi connectivity index (χ0) is 30.5. The van der Waals surface area contributed by atoms with Crippen molar-refractivity contribution >= 4 is 28.7 Å². The molecule has 0 amide bonds. The highest BCUT2D eigenvalue weighted by atomic mass is 16.6. The van der Waals surface area contributed by atoms with Crippen LogP contribution in [-0.2, 0) is 17.6 Å². The number of pyridine rings is 1. The fraction of sp³-hybridized carbons (Fsp3) is 0.367. The molecule has 5 heterocycles. The molecule has 44 heavy (non-hydrogen) atoms. The lowest BCUT2D eigenvalue weighted by molar-refractivity contribution is -0.0434. The minimum atomic E-state index is -1.30. The van der Waals surface area contributed by atoms with E-state index in [1.54, 1.807) is 16.8 Å². The van der Waals surface area contributed by atoms with Crippen LogP contribution in [0.25, 0.3) is 11.2 Å². The maximum absolute atomic E-state index is 11.0. The lowest BCUT2D eigenvalue weighted by Gasteiger charge is -2.19. The van der Waals surface area contributed by atoms with Crippen LogP contribution in [0.1, 0.15) is 36.3 Å². The first-order valence-corrected chi connectivity index (χ1v) is 14.6. The van der Waals surface area contributed by atoms with Gasteiger partial charge in [0, 0.05) is 25.4 Å². The van der Waals surface area contributed by atoms with E-state index in [2.05, 4.69) is 36.1 Å². The summed E-state index contributed by atoms with van der Waals surface area (Å²) in [6.45, 7) is 2.81. The van der Waals surface area contributed by atoms with E-state index >= 15 is 0 Å². The van der Waals surface area contributed by atoms with Gasteiger partial charge in [0.15, 0.2) is 29.0 Å². The Kier molecular flexibility index (Phi) is 8.93. The van der Waals surface area contributed by atoms with Crippen LogP contribution in [-0.4, -0.2) is 82.9 Å². The Labute approximate surface area is 253 Å². The third kappa shape index (κ3) is 6.33. The molecule has 1 unspecified atom stereocenters. The molecular weight excluding hydrogens is 566 g/mol. The zero-order valence-corrected chi connectivity index (χ0v) is 24.1. The summed E-state index contributed by atoms with van der Waals surface area (Å²) < 4.78 is 13.1. The van der Waals surface area contributed by atoms with Gasteiger partial charge in [0.1, 0.15) is 24.1 Å². The molecule has 1 aliphatic rings. The van der Waals surface area contributed by atoms with E-state index in [9.17, 15) is 15.3 Å². The predicted molar refractivity (Wildman–Crippen MR) is 162 cm³/mol. The Bertz CT molecular complexity index is 1650. The number of aromatic nitrogens is 6. The summed E-state index contributed by atoms with van der Waals surface area (Å²) in [4.78, 5) is 18.2. The molecule has 0 aliphatic carbocycles. The Morgan fingerprint density at radius 1 is 0.977 bits per heavy atom. The second-order valence-corrected chi connectivity index (χ2v) is 10.5. The molecule has 0 radical (unpaired) electrons. The molecule has 6 N–H and O–H groups in total. The van der Waals surface area contributed by atoms with Crippen molar-refractivity contribution in [1.82, 2.24) is 29.7 Å². The fourth-order valence-electron chi connectivity index (χ4n) is 5.12. The topological polar surface area (TPSA) is 189 Å². The van der Waals surface area contributed by atoms with E-state index in [4.69, 9.17) is 14.2 Å². The molecule has 0 saturated carbocycles. The average molecular weight is 602 g/mol. The van der Waals surface area contributed by atoms with Gasteiger partial charge in [0.05, 0.1) is 24.7 Å². The average Bonchev–Trinajstić information content (AvgIpc) is 3.78. The molecule has 5 atom stereocenters. The first-order valence-electron chi connectivity index (χ1n) is 14.6. The molecule has 1 aliphatic heterocycles. The van der Waals surface area contributed by atoms with E-state index in [1.165, 1.54) is 6.33 Å². The molecule has 0 bridgehead atoms. The second kappa shape index (κ2) is 13.3. The number of fused-ring (bicyclic) bond motifs is 1. The van der Waals surface area contributed by atoms with Crippen LogP contribution >= 0.6 is 0 Å². The van der Waals surface area contributed by atoms with Crippen LogP contribution in [0.15, 0.2) is 71.6 Å². The smallest absolute Gasteiger partial charge is 0.226 e. The van der Waals surface area contributed by atoms with Gasteiger partial charge < -0.3 is 40.5 Å². The van der Waals surface area contributed by atoms with Gasteiger partial charge in [-0.05, 0) is 30.5 Å². The zero-order valence-electron chi connectivity index (χ0n) is 24.1. The Balaban J connectivity index is 1.28. The van der Waals surface area contributed by atoms with Crippen LogP contribution in [0.3, 0.4) is 0 Å². The van der Waals surface area contributed by atoms with Crippen molar-refractivity contribution in [3.05, 3.63) is 84.1 Å². The summed E-state index contributed by atoms with van der Waals surface area (Å²) in [5.74, 6) is 1.77. The largest absolute Gasteiger partial charge is 0.394 e. The highest BCUT2D eigenvalue weighted by Crippen LogP contribution is 2.40. The van der Waals surface area contributed by atoms with Crippen LogP contribution < -0.4 is 16.0 Å². The summed E-state index contributed by atoms with van der Waals surface area (Å²) in [6.07, 6.45) is -0.114. The standard InChI is InChI=1S/C30H35N9O5/c1-2-19-15-21(44-38-19)26-24(41)25(42)29(43-26)39-17-34-23-27(35-20(16-40)14-18-8-4-3-5-9-18)36-30(37-28(23)39)33-13-12-32-22-10-6-7-11-31-22/h3-11,15,17,20,24-26,29,40-42H,2,12-14,16H2,1H3,(H,31,32)(H2,33,35,36,37)/t20?,24-,25+,26+,29+/m0/s1. The van der Waals surface area contributed by atoms with E-state index in [0.29, 0.717) is 60.3 Å². The van der Waals surface area contributed by atoms with E-state index in [0.717, 1.165) is 11.4 Å². The van der Waals surface area contributed by atoms with Crippen molar-refractivity contribution < 1.29 is 24.6 Å². The lowest BCUT2D eigenvalue weighted by Crippen LogP contribution is -2.29. The van der Waals surface area contributed by atoms with Crippen molar-refractivity contribution in [2.75, 3.05) is 35.6 Å². The first kappa shape index (κ1) is 29.4. The number of hydrogen-bond acceptors (Lipinski definition) is 13. The molecule has 5 aromatic rings. The molecule has 14 nitrogen and oxygen atoms in total. The van der Waals surface area contributed by atoms with Crippen LogP contribution in [0.4, 0.5) is 17.6 Å². The van der Waals surface area contributed by atoms with Crippen molar-refractivity contribution in [2.45, 2.75) is 50.3 Å². The summed E-state index contributed by atoms with van der Waals surface area (Å²) in [6, 6.07) is 16.8. The molecule has 230 valence electrons. The fourth-order valence-corrected chi connectivity index (χ4v) is 5.12. The molecule has 1 saturated heterocycles. The number of hydrogen-bond donors (Lipinski definition) is 6. The van der Waals surface area contributed by atoms with Crippen LogP contribution in [0, 0.1) is 0 Å².